The number of nitrogens with two attached hydrogens (primary N) is 1. The van der Waals surface area contributed by atoms with Gasteiger partial charge < -0.3 is 15.7 Å². The largest absolute Gasteiger partial charge is 0.422 e. The van der Waals surface area contributed by atoms with Gasteiger partial charge in [0.25, 0.3) is 0 Å². The fourth-order valence-corrected chi connectivity index (χ4v) is 5.06. The van der Waals surface area contributed by atoms with Gasteiger partial charge in [0.1, 0.15) is 16.8 Å². The van der Waals surface area contributed by atoms with Crippen molar-refractivity contribution in [3.63, 3.8) is 0 Å². The van der Waals surface area contributed by atoms with Crippen molar-refractivity contribution in [1.82, 2.24) is 9.29 Å². The maximum Gasteiger partial charge on any atom is 0.422 e. The number of alkyl halides is 3. The number of nitrogen functional groups attached to an aromatic ring is 1. The van der Waals surface area contributed by atoms with Crippen LogP contribution in [0.1, 0.15) is 18.9 Å². The monoisotopic (exact) mass is 493 g/mol. The van der Waals surface area contributed by atoms with Crippen LogP contribution in [0.3, 0.4) is 0 Å². The summed E-state index contributed by atoms with van der Waals surface area (Å²) in [6.45, 7) is 1.96. The number of benzene rings is 1. The molecule has 2 heterocycles. The molecule has 0 amide bonds. The van der Waals surface area contributed by atoms with E-state index in [-0.39, 0.29) is 30.3 Å². The average molecular weight is 494 g/mol. The molecular weight excluding hydrogens is 471 g/mol. The van der Waals surface area contributed by atoms with Crippen LogP contribution in [0.5, 0.6) is 0 Å². The van der Waals surface area contributed by atoms with Crippen LogP contribution in [0.25, 0.3) is 0 Å². The second kappa shape index (κ2) is 9.50. The smallest absolute Gasteiger partial charge is 0.384 e. The quantitative estimate of drug-likeness (QED) is 0.612. The van der Waals surface area contributed by atoms with Gasteiger partial charge in [0.15, 0.2) is 5.60 Å². The number of hydrogen-bond donors (Lipinski definition) is 2. The van der Waals surface area contributed by atoms with E-state index in [1.807, 2.05) is 0 Å². The molecule has 1 aliphatic rings. The van der Waals surface area contributed by atoms with Crippen molar-refractivity contribution < 1.29 is 26.7 Å². The van der Waals surface area contributed by atoms with Gasteiger partial charge in [-0.2, -0.15) is 22.7 Å². The van der Waals surface area contributed by atoms with Crippen molar-refractivity contribution in [2.24, 2.45) is 0 Å². The number of piperazine rings is 1. The summed E-state index contributed by atoms with van der Waals surface area (Å²) in [5.74, 6) is 5.90. The van der Waals surface area contributed by atoms with Crippen LogP contribution in [-0.2, 0) is 15.6 Å². The van der Waals surface area contributed by atoms with E-state index in [1.165, 1.54) is 40.8 Å². The van der Waals surface area contributed by atoms with Gasteiger partial charge in [-0.3, -0.25) is 0 Å². The van der Waals surface area contributed by atoms with Crippen LogP contribution in [0, 0.1) is 23.2 Å². The summed E-state index contributed by atoms with van der Waals surface area (Å²) in [6, 6.07) is 8.57. The lowest BCUT2D eigenvalue weighted by molar-refractivity contribution is -0.264. The molecule has 0 aliphatic carbocycles. The van der Waals surface area contributed by atoms with E-state index in [9.17, 15) is 26.7 Å². The molecule has 2 atom stereocenters. The Morgan fingerprint density at radius 3 is 2.41 bits per heavy atom. The molecule has 0 radical (unpaired) electrons. The zero-order valence-electron chi connectivity index (χ0n) is 18.1. The number of rotatable bonds is 5. The third-order valence-corrected chi connectivity index (χ3v) is 7.38. The van der Waals surface area contributed by atoms with Gasteiger partial charge in [0, 0.05) is 31.5 Å². The van der Waals surface area contributed by atoms with Crippen LogP contribution in [0.15, 0.2) is 47.5 Å². The Labute approximate surface area is 195 Å². The van der Waals surface area contributed by atoms with Crippen LogP contribution >= 0.6 is 0 Å². The number of pyridine rings is 1. The Kier molecular flexibility index (Phi) is 7.07. The second-order valence-corrected chi connectivity index (χ2v) is 9.56. The summed E-state index contributed by atoms with van der Waals surface area (Å²) in [6.07, 6.45) is -4.99. The maximum absolute atomic E-state index is 13.4. The lowest BCUT2D eigenvalue weighted by Gasteiger charge is -2.40. The number of anilines is 2. The first-order chi connectivity index (χ1) is 15.9. The van der Waals surface area contributed by atoms with E-state index in [4.69, 9.17) is 11.0 Å². The standard InChI is InChI=1S/C22H22F3N5O3S/c1-2-3-18-15-29(34(32,33)19-8-9-20(27)28-14-19)12-13-30(18)17-6-4-16(5-7-17)21(31,10-11-26)22(23,24)25/h4-9,14,18,31H,10,12-13,15H2,1H3,(H2,27,28)/t18-,21?/m0/s1. The molecule has 0 saturated carbocycles. The maximum atomic E-state index is 13.4. The van der Waals surface area contributed by atoms with Gasteiger partial charge >= 0.3 is 6.18 Å². The minimum atomic E-state index is -5.03. The summed E-state index contributed by atoms with van der Waals surface area (Å²) in [7, 11) is -3.85. The molecule has 3 N–H and O–H groups in total. The third-order valence-electron chi connectivity index (χ3n) is 5.53. The van der Waals surface area contributed by atoms with Crippen molar-refractivity contribution in [3.8, 4) is 17.9 Å². The molecule has 12 heteroatoms. The summed E-state index contributed by atoms with van der Waals surface area (Å²) in [5, 5.41) is 18.9. The van der Waals surface area contributed by atoms with Gasteiger partial charge in [-0.15, -0.1) is 5.92 Å². The Hall–Kier alpha value is -3.32. The predicted molar refractivity (Wildman–Crippen MR) is 119 cm³/mol. The van der Waals surface area contributed by atoms with Gasteiger partial charge in [0.05, 0.1) is 12.5 Å². The highest BCUT2D eigenvalue weighted by Crippen LogP contribution is 2.42. The molecule has 1 aromatic carbocycles. The van der Waals surface area contributed by atoms with E-state index in [0.717, 1.165) is 12.1 Å². The number of aliphatic hydroxyl groups is 1. The molecule has 1 saturated heterocycles. The van der Waals surface area contributed by atoms with Crippen molar-refractivity contribution >= 4 is 21.5 Å². The Morgan fingerprint density at radius 2 is 1.88 bits per heavy atom. The van der Waals surface area contributed by atoms with Crippen LogP contribution < -0.4 is 10.6 Å². The normalized spacial score (nSPS) is 18.9. The summed E-state index contributed by atoms with van der Waals surface area (Å²) >= 11 is 0. The Balaban J connectivity index is 1.87. The summed E-state index contributed by atoms with van der Waals surface area (Å²) < 4.78 is 67.5. The molecule has 0 bridgehead atoms. The first kappa shape index (κ1) is 25.3. The Bertz CT molecular complexity index is 1230. The summed E-state index contributed by atoms with van der Waals surface area (Å²) in [4.78, 5) is 5.60. The fourth-order valence-electron chi connectivity index (χ4n) is 3.68. The van der Waals surface area contributed by atoms with Crippen molar-refractivity contribution in [1.29, 1.82) is 5.26 Å². The first-order valence-corrected chi connectivity index (χ1v) is 11.5. The fraction of sp³-hybridized carbons (Fsp3) is 0.364. The predicted octanol–water partition coefficient (Wildman–Crippen LogP) is 2.23. The lowest BCUT2D eigenvalue weighted by Crippen LogP contribution is -2.54. The highest BCUT2D eigenvalue weighted by atomic mass is 32.2. The number of nitriles is 1. The van der Waals surface area contributed by atoms with Gasteiger partial charge in [-0.05, 0) is 36.8 Å². The number of hydrogen-bond acceptors (Lipinski definition) is 7. The molecule has 0 spiro atoms. The number of halogens is 3. The molecule has 3 rings (SSSR count). The van der Waals surface area contributed by atoms with Crippen molar-refractivity contribution in [2.75, 3.05) is 30.3 Å². The molecule has 34 heavy (non-hydrogen) atoms. The number of nitrogens with zero attached hydrogens (tertiary/aromatic N) is 4. The summed E-state index contributed by atoms with van der Waals surface area (Å²) in [5.41, 5.74) is 2.29. The molecule has 8 nitrogen and oxygen atoms in total. The van der Waals surface area contributed by atoms with Crippen molar-refractivity contribution in [2.45, 2.75) is 36.1 Å². The second-order valence-electron chi connectivity index (χ2n) is 7.63. The van der Waals surface area contributed by atoms with Crippen LogP contribution in [0.4, 0.5) is 24.7 Å². The van der Waals surface area contributed by atoms with E-state index < -0.39 is 39.8 Å². The zero-order chi connectivity index (χ0) is 25.1. The third kappa shape index (κ3) is 4.80. The average Bonchev–Trinajstić information content (AvgIpc) is 2.79. The molecule has 1 fully saturated rings. The topological polar surface area (TPSA) is 124 Å². The molecule has 1 aliphatic heterocycles. The van der Waals surface area contributed by atoms with Crippen molar-refractivity contribution in [3.05, 3.63) is 48.2 Å². The minimum absolute atomic E-state index is 0.00774. The highest BCUT2D eigenvalue weighted by Gasteiger charge is 2.55. The highest BCUT2D eigenvalue weighted by molar-refractivity contribution is 7.89. The number of sulfonamides is 1. The molecule has 1 aromatic heterocycles. The van der Waals surface area contributed by atoms with Crippen LogP contribution in [-0.4, -0.2) is 54.7 Å². The zero-order valence-corrected chi connectivity index (χ0v) is 18.9. The minimum Gasteiger partial charge on any atom is -0.384 e. The van der Waals surface area contributed by atoms with E-state index in [0.29, 0.717) is 5.69 Å². The van der Waals surface area contributed by atoms with E-state index in [2.05, 4.69) is 16.8 Å². The van der Waals surface area contributed by atoms with E-state index >= 15 is 0 Å². The first-order valence-electron chi connectivity index (χ1n) is 10.1. The molecule has 2 aromatic rings. The molecule has 1 unspecified atom stereocenters. The van der Waals surface area contributed by atoms with Crippen LogP contribution in [0.2, 0.25) is 0 Å². The van der Waals surface area contributed by atoms with Gasteiger partial charge in [-0.1, -0.05) is 18.1 Å². The molecular formula is C22H22F3N5O3S. The Morgan fingerprint density at radius 1 is 1.21 bits per heavy atom. The molecule has 180 valence electrons. The SMILES string of the molecule is CC#C[C@H]1CN(S(=O)(=O)c2ccc(N)nc2)CCN1c1ccc(C(O)(CC#N)C(F)(F)F)cc1. The van der Waals surface area contributed by atoms with Gasteiger partial charge in [-0.25, -0.2) is 13.4 Å². The van der Waals surface area contributed by atoms with E-state index in [1.54, 1.807) is 11.8 Å². The lowest BCUT2D eigenvalue weighted by atomic mass is 9.90. The van der Waals surface area contributed by atoms with Gasteiger partial charge in [0.2, 0.25) is 10.0 Å². The number of aromatic nitrogens is 1.